The number of methoxy groups -OCH3 is 1. The normalized spacial score (nSPS) is 15.9. The Morgan fingerprint density at radius 3 is 2.47 bits per heavy atom. The molecule has 3 nitrogen and oxygen atoms in total. The molecule has 1 aromatic carbocycles. The zero-order valence-corrected chi connectivity index (χ0v) is 11.9. The summed E-state index contributed by atoms with van der Waals surface area (Å²) in [5, 5.41) is 0. The summed E-state index contributed by atoms with van der Waals surface area (Å²) in [6.07, 6.45) is 4.94. The molecule has 0 amide bonds. The molecule has 0 unspecified atom stereocenters. The highest BCUT2D eigenvalue weighted by atomic mass is 16.5. The molecule has 3 heteroatoms. The minimum Gasteiger partial charge on any atom is -0.468 e. The second-order valence-electron chi connectivity index (χ2n) is 5.40. The molecule has 0 spiro atoms. The molecule has 0 aliphatic heterocycles. The molecule has 0 saturated heterocycles. The summed E-state index contributed by atoms with van der Waals surface area (Å²) in [4.78, 5) is 13.8. The van der Waals surface area contributed by atoms with E-state index in [1.54, 1.807) is 0 Å². The van der Waals surface area contributed by atoms with Gasteiger partial charge >= 0.3 is 5.97 Å². The molecule has 0 atom stereocenters. The van der Waals surface area contributed by atoms with Crippen LogP contribution in [-0.2, 0) is 16.1 Å². The number of carbonyl (C=O) groups is 1. The molecule has 1 saturated carbocycles. The van der Waals surface area contributed by atoms with E-state index in [1.165, 1.54) is 43.9 Å². The Morgan fingerprint density at radius 2 is 1.89 bits per heavy atom. The van der Waals surface area contributed by atoms with E-state index in [2.05, 4.69) is 36.1 Å². The molecule has 1 aliphatic carbocycles. The van der Waals surface area contributed by atoms with Gasteiger partial charge in [0, 0.05) is 12.6 Å². The van der Waals surface area contributed by atoms with Gasteiger partial charge in [-0.05, 0) is 25.3 Å². The Hall–Kier alpha value is -1.35. The van der Waals surface area contributed by atoms with Gasteiger partial charge in [0.2, 0.25) is 0 Å². The van der Waals surface area contributed by atoms with Crippen LogP contribution in [0, 0.1) is 6.92 Å². The lowest BCUT2D eigenvalue weighted by molar-refractivity contribution is -0.142. The molecule has 19 heavy (non-hydrogen) atoms. The Bertz CT molecular complexity index is 407. The molecule has 1 fully saturated rings. The fourth-order valence-corrected chi connectivity index (χ4v) is 2.74. The fraction of sp³-hybridized carbons (Fsp3) is 0.562. The van der Waals surface area contributed by atoms with Crippen molar-refractivity contribution in [2.75, 3.05) is 13.7 Å². The van der Waals surface area contributed by atoms with Crippen molar-refractivity contribution in [3.63, 3.8) is 0 Å². The summed E-state index contributed by atoms with van der Waals surface area (Å²) in [7, 11) is 1.46. The first kappa shape index (κ1) is 14.1. The monoisotopic (exact) mass is 261 g/mol. The number of hydrogen-bond donors (Lipinski definition) is 0. The summed E-state index contributed by atoms with van der Waals surface area (Å²) < 4.78 is 4.82. The van der Waals surface area contributed by atoms with Crippen molar-refractivity contribution in [1.29, 1.82) is 0 Å². The Balaban J connectivity index is 2.03. The molecule has 104 valence electrons. The first-order valence-electron chi connectivity index (χ1n) is 7.05. The van der Waals surface area contributed by atoms with Crippen LogP contribution < -0.4 is 0 Å². The predicted octanol–water partition coefficient (Wildman–Crippen LogP) is 2.91. The summed E-state index contributed by atoms with van der Waals surface area (Å²) in [6, 6.07) is 9.07. The maximum Gasteiger partial charge on any atom is 0.319 e. The second kappa shape index (κ2) is 6.71. The summed E-state index contributed by atoms with van der Waals surface area (Å²) in [6.45, 7) is 3.32. The van der Waals surface area contributed by atoms with E-state index in [0.717, 1.165) is 6.54 Å². The van der Waals surface area contributed by atoms with E-state index in [1.807, 2.05) is 0 Å². The third-order valence-electron chi connectivity index (χ3n) is 3.91. The van der Waals surface area contributed by atoms with Crippen LogP contribution in [0.15, 0.2) is 24.3 Å². The van der Waals surface area contributed by atoms with Crippen LogP contribution in [-0.4, -0.2) is 30.6 Å². The van der Waals surface area contributed by atoms with Gasteiger partial charge in [0.05, 0.1) is 13.7 Å². The van der Waals surface area contributed by atoms with Crippen molar-refractivity contribution < 1.29 is 9.53 Å². The molecule has 0 N–H and O–H groups in total. The van der Waals surface area contributed by atoms with Crippen LogP contribution in [0.25, 0.3) is 0 Å². The van der Waals surface area contributed by atoms with Crippen LogP contribution in [0.2, 0.25) is 0 Å². The average Bonchev–Trinajstić information content (AvgIpc) is 2.94. The van der Waals surface area contributed by atoms with E-state index in [0.29, 0.717) is 12.6 Å². The maximum absolute atomic E-state index is 11.6. The van der Waals surface area contributed by atoms with E-state index in [-0.39, 0.29) is 5.97 Å². The number of carbonyl (C=O) groups excluding carboxylic acids is 1. The van der Waals surface area contributed by atoms with Gasteiger partial charge in [0.25, 0.3) is 0 Å². The SMILES string of the molecule is COC(=O)CN(Cc1ccc(C)cc1)C1CCCC1. The maximum atomic E-state index is 11.6. The van der Waals surface area contributed by atoms with Crippen LogP contribution in [0.1, 0.15) is 36.8 Å². The standard InChI is InChI=1S/C16H23NO2/c1-13-7-9-14(10-8-13)11-17(12-16(18)19-2)15-5-3-4-6-15/h7-10,15H,3-6,11-12H2,1-2H3. The summed E-state index contributed by atoms with van der Waals surface area (Å²) in [5.74, 6) is -0.140. The van der Waals surface area contributed by atoms with Crippen molar-refractivity contribution in [2.24, 2.45) is 0 Å². The van der Waals surface area contributed by atoms with E-state index in [4.69, 9.17) is 4.74 Å². The lowest BCUT2D eigenvalue weighted by Gasteiger charge is -2.27. The van der Waals surface area contributed by atoms with Gasteiger partial charge in [0.1, 0.15) is 0 Å². The molecule has 1 aromatic rings. The molecule has 0 radical (unpaired) electrons. The highest BCUT2D eigenvalue weighted by Gasteiger charge is 2.24. The van der Waals surface area contributed by atoms with Crippen LogP contribution in [0.4, 0.5) is 0 Å². The zero-order chi connectivity index (χ0) is 13.7. The molecule has 0 bridgehead atoms. The largest absolute Gasteiger partial charge is 0.468 e. The number of rotatable bonds is 5. The van der Waals surface area contributed by atoms with Crippen molar-refractivity contribution in [3.8, 4) is 0 Å². The quantitative estimate of drug-likeness (QED) is 0.763. The minimum absolute atomic E-state index is 0.140. The number of hydrogen-bond acceptors (Lipinski definition) is 3. The van der Waals surface area contributed by atoms with Crippen LogP contribution >= 0.6 is 0 Å². The molecule has 1 aliphatic rings. The Morgan fingerprint density at radius 1 is 1.26 bits per heavy atom. The van der Waals surface area contributed by atoms with Gasteiger partial charge in [-0.3, -0.25) is 9.69 Å². The Labute approximate surface area is 115 Å². The number of ether oxygens (including phenoxy) is 1. The van der Waals surface area contributed by atoms with E-state index in [9.17, 15) is 4.79 Å². The molecular weight excluding hydrogens is 238 g/mol. The first-order chi connectivity index (χ1) is 9.19. The van der Waals surface area contributed by atoms with Gasteiger partial charge in [0.15, 0.2) is 0 Å². The summed E-state index contributed by atoms with van der Waals surface area (Å²) in [5.41, 5.74) is 2.53. The number of esters is 1. The smallest absolute Gasteiger partial charge is 0.319 e. The molecular formula is C16H23NO2. The van der Waals surface area contributed by atoms with Crippen molar-refractivity contribution in [2.45, 2.75) is 45.2 Å². The lowest BCUT2D eigenvalue weighted by atomic mass is 10.1. The molecule has 0 aromatic heterocycles. The third-order valence-corrected chi connectivity index (χ3v) is 3.91. The Kier molecular flexibility index (Phi) is 4.97. The van der Waals surface area contributed by atoms with Crippen LogP contribution in [0.3, 0.4) is 0 Å². The number of aryl methyl sites for hydroxylation is 1. The topological polar surface area (TPSA) is 29.5 Å². The highest BCUT2D eigenvalue weighted by Crippen LogP contribution is 2.25. The van der Waals surface area contributed by atoms with Crippen molar-refractivity contribution in [3.05, 3.63) is 35.4 Å². The van der Waals surface area contributed by atoms with Crippen molar-refractivity contribution in [1.82, 2.24) is 4.90 Å². The second-order valence-corrected chi connectivity index (χ2v) is 5.40. The van der Waals surface area contributed by atoms with Gasteiger partial charge in [-0.15, -0.1) is 0 Å². The fourth-order valence-electron chi connectivity index (χ4n) is 2.74. The average molecular weight is 261 g/mol. The minimum atomic E-state index is -0.140. The zero-order valence-electron chi connectivity index (χ0n) is 11.9. The predicted molar refractivity (Wildman–Crippen MR) is 75.9 cm³/mol. The van der Waals surface area contributed by atoms with Crippen LogP contribution in [0.5, 0.6) is 0 Å². The summed E-state index contributed by atoms with van der Waals surface area (Å²) >= 11 is 0. The van der Waals surface area contributed by atoms with E-state index < -0.39 is 0 Å². The molecule has 2 rings (SSSR count). The van der Waals surface area contributed by atoms with E-state index >= 15 is 0 Å². The third kappa shape index (κ3) is 4.06. The number of benzene rings is 1. The first-order valence-corrected chi connectivity index (χ1v) is 7.05. The number of nitrogens with zero attached hydrogens (tertiary/aromatic N) is 1. The van der Waals surface area contributed by atoms with Crippen molar-refractivity contribution >= 4 is 5.97 Å². The van der Waals surface area contributed by atoms with Gasteiger partial charge in [-0.1, -0.05) is 42.7 Å². The molecule has 0 heterocycles. The van der Waals surface area contributed by atoms with Gasteiger partial charge in [-0.25, -0.2) is 0 Å². The van der Waals surface area contributed by atoms with Gasteiger partial charge in [-0.2, -0.15) is 0 Å². The van der Waals surface area contributed by atoms with Gasteiger partial charge < -0.3 is 4.74 Å². The highest BCUT2D eigenvalue weighted by molar-refractivity contribution is 5.71. The lowest BCUT2D eigenvalue weighted by Crippen LogP contribution is -2.37.